The molecule has 136 valence electrons. The summed E-state index contributed by atoms with van der Waals surface area (Å²) in [6, 6.07) is 6.49. The van der Waals surface area contributed by atoms with Crippen molar-refractivity contribution in [2.75, 3.05) is 23.8 Å². The predicted molar refractivity (Wildman–Crippen MR) is 96.2 cm³/mol. The number of hydrogen-bond acceptors (Lipinski definition) is 6. The van der Waals surface area contributed by atoms with Gasteiger partial charge in [0.05, 0.1) is 17.2 Å². The summed E-state index contributed by atoms with van der Waals surface area (Å²) in [7, 11) is -2.86. The maximum atomic E-state index is 14.2. The molecule has 0 amide bonds. The molecule has 1 aliphatic heterocycles. The van der Waals surface area contributed by atoms with Gasteiger partial charge < -0.3 is 5.73 Å². The zero-order chi connectivity index (χ0) is 17.9. The van der Waals surface area contributed by atoms with Crippen LogP contribution in [-0.4, -0.2) is 47.0 Å². The van der Waals surface area contributed by atoms with Crippen LogP contribution in [0.2, 0.25) is 0 Å². The van der Waals surface area contributed by atoms with Gasteiger partial charge in [-0.1, -0.05) is 23.9 Å². The van der Waals surface area contributed by atoms with Crippen molar-refractivity contribution in [1.29, 1.82) is 0 Å². The molecule has 1 atom stereocenters. The Morgan fingerprint density at radius 3 is 2.80 bits per heavy atom. The SMILES string of the molecule is NCCc1nnc(SCCC2CCS(=O)(=O)C2)n1-c1ccccc1F. The number of hydrogen-bond donors (Lipinski definition) is 1. The van der Waals surface area contributed by atoms with E-state index in [1.807, 2.05) is 0 Å². The third-order valence-corrected chi connectivity index (χ3v) is 7.04. The number of benzene rings is 1. The van der Waals surface area contributed by atoms with Crippen LogP contribution < -0.4 is 5.73 Å². The van der Waals surface area contributed by atoms with Crippen molar-refractivity contribution in [1.82, 2.24) is 14.8 Å². The van der Waals surface area contributed by atoms with Gasteiger partial charge in [0, 0.05) is 12.2 Å². The molecule has 1 aromatic heterocycles. The third kappa shape index (κ3) is 4.39. The van der Waals surface area contributed by atoms with Crippen LogP contribution in [0.3, 0.4) is 0 Å². The lowest BCUT2D eigenvalue weighted by Crippen LogP contribution is -2.11. The molecule has 25 heavy (non-hydrogen) atoms. The summed E-state index contributed by atoms with van der Waals surface area (Å²) in [4.78, 5) is 0. The molecule has 0 aliphatic carbocycles. The van der Waals surface area contributed by atoms with E-state index in [0.717, 1.165) is 18.6 Å². The minimum Gasteiger partial charge on any atom is -0.330 e. The first kappa shape index (κ1) is 18.3. The summed E-state index contributed by atoms with van der Waals surface area (Å²) in [5.41, 5.74) is 6.03. The highest BCUT2D eigenvalue weighted by molar-refractivity contribution is 7.99. The van der Waals surface area contributed by atoms with E-state index in [1.54, 1.807) is 22.8 Å². The third-order valence-electron chi connectivity index (χ3n) is 4.25. The highest BCUT2D eigenvalue weighted by atomic mass is 32.2. The van der Waals surface area contributed by atoms with Crippen molar-refractivity contribution in [3.8, 4) is 5.69 Å². The van der Waals surface area contributed by atoms with Gasteiger partial charge in [-0.3, -0.25) is 4.57 Å². The van der Waals surface area contributed by atoms with Crippen LogP contribution in [0.4, 0.5) is 4.39 Å². The number of rotatable bonds is 7. The predicted octanol–water partition coefficient (Wildman–Crippen LogP) is 1.82. The Kier molecular flexibility index (Phi) is 5.75. The van der Waals surface area contributed by atoms with Crippen LogP contribution in [0, 0.1) is 11.7 Å². The van der Waals surface area contributed by atoms with Crippen LogP contribution in [0.15, 0.2) is 29.4 Å². The first-order valence-electron chi connectivity index (χ1n) is 8.22. The first-order chi connectivity index (χ1) is 12.0. The summed E-state index contributed by atoms with van der Waals surface area (Å²) in [6.45, 7) is 0.400. The van der Waals surface area contributed by atoms with Gasteiger partial charge in [-0.25, -0.2) is 12.8 Å². The van der Waals surface area contributed by atoms with Crippen molar-refractivity contribution >= 4 is 21.6 Å². The van der Waals surface area contributed by atoms with Crippen LogP contribution in [-0.2, 0) is 16.3 Å². The summed E-state index contributed by atoms with van der Waals surface area (Å²) < 4.78 is 39.0. The van der Waals surface area contributed by atoms with Gasteiger partial charge in [-0.15, -0.1) is 10.2 Å². The summed E-state index contributed by atoms with van der Waals surface area (Å²) in [6.07, 6.45) is 2.02. The average molecular weight is 385 g/mol. The fourth-order valence-electron chi connectivity index (χ4n) is 2.98. The lowest BCUT2D eigenvalue weighted by atomic mass is 10.1. The second-order valence-electron chi connectivity index (χ2n) is 6.13. The highest BCUT2D eigenvalue weighted by Crippen LogP contribution is 2.28. The smallest absolute Gasteiger partial charge is 0.195 e. The van der Waals surface area contributed by atoms with Gasteiger partial charge in [-0.05, 0) is 37.4 Å². The molecule has 1 aliphatic rings. The van der Waals surface area contributed by atoms with E-state index in [-0.39, 0.29) is 23.2 Å². The Labute approximate surface area is 150 Å². The fourth-order valence-corrected chi connectivity index (χ4v) is 5.95. The Morgan fingerprint density at radius 1 is 1.32 bits per heavy atom. The largest absolute Gasteiger partial charge is 0.330 e. The topological polar surface area (TPSA) is 90.9 Å². The van der Waals surface area contributed by atoms with E-state index in [9.17, 15) is 12.8 Å². The van der Waals surface area contributed by atoms with E-state index in [1.165, 1.54) is 17.8 Å². The van der Waals surface area contributed by atoms with E-state index in [4.69, 9.17) is 5.73 Å². The fraction of sp³-hybridized carbons (Fsp3) is 0.500. The summed E-state index contributed by atoms with van der Waals surface area (Å²) >= 11 is 1.47. The Balaban J connectivity index is 1.74. The van der Waals surface area contributed by atoms with Gasteiger partial charge in [-0.2, -0.15) is 0 Å². The molecule has 2 aromatic rings. The number of aromatic nitrogens is 3. The van der Waals surface area contributed by atoms with E-state index in [0.29, 0.717) is 29.6 Å². The number of nitrogens with two attached hydrogens (primary N) is 1. The standard InChI is InChI=1S/C16H21FN4O2S2/c17-13-3-1-2-4-14(13)21-15(5-8-18)19-20-16(21)24-9-6-12-7-10-25(22,23)11-12/h1-4,12H,5-11,18H2. The van der Waals surface area contributed by atoms with Gasteiger partial charge >= 0.3 is 0 Å². The zero-order valence-electron chi connectivity index (χ0n) is 13.8. The minimum absolute atomic E-state index is 0.200. The van der Waals surface area contributed by atoms with Gasteiger partial charge in [0.15, 0.2) is 15.0 Å². The van der Waals surface area contributed by atoms with Gasteiger partial charge in [0.1, 0.15) is 11.6 Å². The van der Waals surface area contributed by atoms with Crippen LogP contribution in [0.25, 0.3) is 5.69 Å². The number of thioether (sulfide) groups is 1. The maximum absolute atomic E-state index is 14.2. The molecule has 0 bridgehead atoms. The first-order valence-corrected chi connectivity index (χ1v) is 11.0. The Morgan fingerprint density at radius 2 is 2.12 bits per heavy atom. The Hall–Kier alpha value is -1.45. The van der Waals surface area contributed by atoms with Gasteiger partial charge in [0.2, 0.25) is 0 Å². The second kappa shape index (κ2) is 7.84. The molecule has 0 spiro atoms. The number of halogens is 1. The summed E-state index contributed by atoms with van der Waals surface area (Å²) in [5.74, 6) is 1.75. The highest BCUT2D eigenvalue weighted by Gasteiger charge is 2.27. The maximum Gasteiger partial charge on any atom is 0.195 e. The van der Waals surface area contributed by atoms with Crippen LogP contribution in [0.1, 0.15) is 18.7 Å². The number of nitrogens with zero attached hydrogens (tertiary/aromatic N) is 3. The van der Waals surface area contributed by atoms with Crippen molar-refractivity contribution in [3.05, 3.63) is 35.9 Å². The lowest BCUT2D eigenvalue weighted by molar-refractivity contribution is 0.573. The normalized spacial score (nSPS) is 19.4. The molecule has 1 fully saturated rings. The average Bonchev–Trinajstić information content (AvgIpc) is 3.12. The zero-order valence-corrected chi connectivity index (χ0v) is 15.4. The lowest BCUT2D eigenvalue weighted by Gasteiger charge is -2.11. The second-order valence-corrected chi connectivity index (χ2v) is 9.42. The summed E-state index contributed by atoms with van der Waals surface area (Å²) in [5, 5.41) is 8.93. The van der Waals surface area contributed by atoms with E-state index >= 15 is 0 Å². The van der Waals surface area contributed by atoms with Crippen LogP contribution in [0.5, 0.6) is 0 Å². The van der Waals surface area contributed by atoms with E-state index in [2.05, 4.69) is 10.2 Å². The molecule has 0 saturated carbocycles. The molecule has 1 unspecified atom stereocenters. The van der Waals surface area contributed by atoms with Crippen molar-refractivity contribution in [2.24, 2.45) is 11.7 Å². The monoisotopic (exact) mass is 384 g/mol. The molecule has 0 radical (unpaired) electrons. The number of para-hydroxylation sites is 1. The molecule has 2 heterocycles. The van der Waals surface area contributed by atoms with Crippen molar-refractivity contribution in [2.45, 2.75) is 24.4 Å². The molecule has 3 rings (SSSR count). The molecule has 1 aromatic carbocycles. The molecular weight excluding hydrogens is 363 g/mol. The van der Waals surface area contributed by atoms with E-state index < -0.39 is 9.84 Å². The van der Waals surface area contributed by atoms with Gasteiger partial charge in [0.25, 0.3) is 0 Å². The minimum atomic E-state index is -2.86. The molecule has 2 N–H and O–H groups in total. The molecule has 9 heteroatoms. The van der Waals surface area contributed by atoms with Crippen molar-refractivity contribution in [3.63, 3.8) is 0 Å². The molecule has 6 nitrogen and oxygen atoms in total. The Bertz CT molecular complexity index is 838. The van der Waals surface area contributed by atoms with Crippen molar-refractivity contribution < 1.29 is 12.8 Å². The van der Waals surface area contributed by atoms with Crippen LogP contribution >= 0.6 is 11.8 Å². The quantitative estimate of drug-likeness (QED) is 0.733. The molecule has 1 saturated heterocycles. The molecular formula is C16H21FN4O2S2. The number of sulfone groups is 1.